The predicted octanol–water partition coefficient (Wildman–Crippen LogP) is 4.80. The van der Waals surface area contributed by atoms with Crippen LogP contribution in [0, 0.1) is 23.0 Å². The van der Waals surface area contributed by atoms with Crippen LogP contribution >= 0.6 is 0 Å². The molecule has 3 aromatic heterocycles. The molecule has 4 fully saturated rings. The first-order valence-electron chi connectivity index (χ1n) is 19.8. The average molecular weight is 789 g/mol. The number of benzene rings is 2. The van der Waals surface area contributed by atoms with Crippen molar-refractivity contribution < 1.29 is 28.0 Å². The molecule has 14 nitrogen and oxygen atoms in total. The van der Waals surface area contributed by atoms with Crippen LogP contribution in [0.1, 0.15) is 89.4 Å². The summed E-state index contributed by atoms with van der Waals surface area (Å²) in [7, 11) is 0. The summed E-state index contributed by atoms with van der Waals surface area (Å²) < 4.78 is 33.7. The van der Waals surface area contributed by atoms with E-state index in [0.717, 1.165) is 57.2 Å². The zero-order chi connectivity index (χ0) is 40.2. The van der Waals surface area contributed by atoms with E-state index < -0.39 is 35.3 Å². The molecule has 5 aromatic rings. The second-order valence-corrected chi connectivity index (χ2v) is 15.9. The van der Waals surface area contributed by atoms with E-state index in [0.29, 0.717) is 58.7 Å². The molecule has 298 valence electrons. The minimum atomic E-state index is -1.01. The first-order valence-corrected chi connectivity index (χ1v) is 19.8. The molecule has 1 atom stereocenters. The molecule has 58 heavy (non-hydrogen) atoms. The number of halogens is 2. The highest BCUT2D eigenvalue weighted by Gasteiger charge is 2.38. The number of Topliss-reactive ketones (excluding diaryl/α,β-unsaturated/α-hetero) is 1. The lowest BCUT2D eigenvalue weighted by atomic mass is 9.89. The lowest BCUT2D eigenvalue weighted by Gasteiger charge is -2.50. The molecule has 1 aliphatic carbocycles. The number of carbonyl (C=O) groups is 4. The molecule has 3 aliphatic heterocycles. The highest BCUT2D eigenvalue weighted by molar-refractivity contribution is 6.11. The quantitative estimate of drug-likeness (QED) is 0.165. The summed E-state index contributed by atoms with van der Waals surface area (Å²) in [5.41, 5.74) is 2.93. The Bertz CT molecular complexity index is 2500. The average Bonchev–Trinajstić information content (AvgIpc) is 3.82. The summed E-state index contributed by atoms with van der Waals surface area (Å²) in [5, 5.41) is 24.2. The van der Waals surface area contributed by atoms with E-state index in [1.807, 2.05) is 21.8 Å². The number of aromatic nitrogens is 4. The number of rotatable bonds is 8. The van der Waals surface area contributed by atoms with Crippen molar-refractivity contribution in [3.63, 3.8) is 0 Å². The Morgan fingerprint density at radius 2 is 1.59 bits per heavy atom. The monoisotopic (exact) mass is 788 g/mol. The molecule has 0 unspecified atom stereocenters. The van der Waals surface area contributed by atoms with Gasteiger partial charge in [-0.15, -0.1) is 0 Å². The van der Waals surface area contributed by atoms with Crippen LogP contribution in [0.4, 0.5) is 20.2 Å². The maximum atomic E-state index is 15.1. The van der Waals surface area contributed by atoms with Crippen LogP contribution in [0.3, 0.4) is 0 Å². The smallest absolute Gasteiger partial charge is 0.274 e. The van der Waals surface area contributed by atoms with Crippen molar-refractivity contribution in [2.75, 3.05) is 49.5 Å². The fraction of sp³-hybridized carbons (Fsp3) is 0.405. The number of nitriles is 1. The number of hydrogen-bond donors (Lipinski definition) is 2. The van der Waals surface area contributed by atoms with Crippen LogP contribution in [0.5, 0.6) is 0 Å². The Balaban J connectivity index is 0.778. The summed E-state index contributed by atoms with van der Waals surface area (Å²) in [6, 6.07) is 14.2. The summed E-state index contributed by atoms with van der Waals surface area (Å²) >= 11 is 0. The third kappa shape index (κ3) is 6.98. The van der Waals surface area contributed by atoms with Gasteiger partial charge < -0.3 is 10.2 Å². The first-order chi connectivity index (χ1) is 28.0. The van der Waals surface area contributed by atoms with Crippen molar-refractivity contribution in [1.29, 1.82) is 5.26 Å². The normalized spacial score (nSPS) is 22.2. The molecule has 2 aromatic carbocycles. The maximum absolute atomic E-state index is 15.1. The van der Waals surface area contributed by atoms with Gasteiger partial charge >= 0.3 is 0 Å². The molecule has 2 N–H and O–H groups in total. The number of ketones is 1. The Morgan fingerprint density at radius 1 is 0.897 bits per heavy atom. The largest absolute Gasteiger partial charge is 0.368 e. The molecule has 6 heterocycles. The van der Waals surface area contributed by atoms with Crippen LogP contribution in [0.15, 0.2) is 54.9 Å². The lowest BCUT2D eigenvalue weighted by Crippen LogP contribution is -2.64. The van der Waals surface area contributed by atoms with Crippen LogP contribution in [0.2, 0.25) is 0 Å². The molecule has 1 saturated carbocycles. The molecule has 4 aliphatic rings. The fourth-order valence-corrected chi connectivity index (χ4v) is 9.20. The lowest BCUT2D eigenvalue weighted by molar-refractivity contribution is -0.134. The van der Waals surface area contributed by atoms with Gasteiger partial charge in [0.05, 0.1) is 40.4 Å². The van der Waals surface area contributed by atoms with Crippen LogP contribution in [0.25, 0.3) is 16.4 Å². The number of amides is 3. The SMILES string of the molecule is CC(=O)c1cc2nn(C3CCC(N4CCN(C5CN(c6cc(F)c([C@H]7CCC(=O)NC7=O)c(F)c6)C5)CC4)CC3)cc2cc1NC(=O)c1ccc2cc(C#N)cnn12. The van der Waals surface area contributed by atoms with Crippen LogP contribution in [-0.4, -0.2) is 104 Å². The molecule has 0 spiro atoms. The predicted molar refractivity (Wildman–Crippen MR) is 210 cm³/mol. The Hall–Kier alpha value is -6.05. The zero-order valence-corrected chi connectivity index (χ0v) is 32.0. The number of imide groups is 1. The van der Waals surface area contributed by atoms with E-state index >= 15 is 8.78 Å². The standard InChI is InChI=1S/C42H42F2N10O4/c1-24(55)33-18-36-26(15-37(33)47-42(58)38-8-6-29-14-25(19-45)20-46-54(29)38)21-53(49-36)28-4-2-27(3-5-28)50-10-12-51(13-11-50)31-22-52(23-31)30-16-34(43)40(35(44)17-30)32-7-9-39(56)48-41(32)57/h6,8,14-18,20-21,27-28,31-32H,2-5,7,9-13,22-23H2,1H3,(H,47,58)(H,48,56,57)/t27?,28?,32-/m1/s1. The number of piperazine rings is 1. The van der Waals surface area contributed by atoms with E-state index in [1.54, 1.807) is 30.3 Å². The molecule has 3 amide bonds. The second kappa shape index (κ2) is 15.0. The number of fused-ring (bicyclic) bond motifs is 2. The Labute approximate surface area is 332 Å². The number of carbonyl (C=O) groups excluding carboxylic acids is 4. The van der Waals surface area contributed by atoms with E-state index in [9.17, 15) is 24.4 Å². The molecular formula is C42H42F2N10O4. The highest BCUT2D eigenvalue weighted by atomic mass is 19.1. The van der Waals surface area contributed by atoms with Gasteiger partial charge in [-0.1, -0.05) is 0 Å². The number of nitrogens with zero attached hydrogens (tertiary/aromatic N) is 8. The molecule has 0 radical (unpaired) electrons. The molecule has 16 heteroatoms. The van der Waals surface area contributed by atoms with Gasteiger partial charge in [0.1, 0.15) is 23.4 Å². The van der Waals surface area contributed by atoms with Crippen molar-refractivity contribution in [1.82, 2.24) is 34.5 Å². The highest BCUT2D eigenvalue weighted by Crippen LogP contribution is 2.36. The van der Waals surface area contributed by atoms with E-state index in [2.05, 4.69) is 25.5 Å². The summed E-state index contributed by atoms with van der Waals surface area (Å²) in [6.45, 7) is 6.59. The van der Waals surface area contributed by atoms with E-state index in [1.165, 1.54) is 29.8 Å². The van der Waals surface area contributed by atoms with Crippen molar-refractivity contribution in [3.05, 3.63) is 88.9 Å². The van der Waals surface area contributed by atoms with Gasteiger partial charge in [-0.25, -0.2) is 13.3 Å². The molecule has 3 saturated heterocycles. The van der Waals surface area contributed by atoms with Gasteiger partial charge in [0.15, 0.2) is 5.78 Å². The minimum absolute atomic E-state index is 0.0555. The number of anilines is 2. The summed E-state index contributed by atoms with van der Waals surface area (Å²) in [4.78, 5) is 56.9. The van der Waals surface area contributed by atoms with E-state index in [4.69, 9.17) is 5.10 Å². The van der Waals surface area contributed by atoms with Crippen molar-refractivity contribution in [2.45, 2.75) is 69.5 Å². The van der Waals surface area contributed by atoms with Gasteiger partial charge in [0.2, 0.25) is 11.8 Å². The molecule has 9 rings (SSSR count). The van der Waals surface area contributed by atoms with Gasteiger partial charge in [-0.3, -0.25) is 39.0 Å². The van der Waals surface area contributed by atoms with Crippen molar-refractivity contribution in [2.24, 2.45) is 0 Å². The number of nitrogens with one attached hydrogen (secondary N) is 2. The maximum Gasteiger partial charge on any atom is 0.274 e. The third-order valence-corrected chi connectivity index (χ3v) is 12.5. The van der Waals surface area contributed by atoms with Gasteiger partial charge in [0.25, 0.3) is 5.91 Å². The molecular weight excluding hydrogens is 747 g/mol. The number of piperidine rings is 1. The minimum Gasteiger partial charge on any atom is -0.368 e. The van der Waals surface area contributed by atoms with E-state index in [-0.39, 0.29) is 35.9 Å². The number of hydrogen-bond acceptors (Lipinski definition) is 10. The van der Waals surface area contributed by atoms with Gasteiger partial charge in [-0.2, -0.15) is 15.5 Å². The van der Waals surface area contributed by atoms with Crippen molar-refractivity contribution >= 4 is 51.3 Å². The van der Waals surface area contributed by atoms with Crippen LogP contribution < -0.4 is 15.5 Å². The van der Waals surface area contributed by atoms with Gasteiger partial charge in [-0.05, 0) is 81.5 Å². The first kappa shape index (κ1) is 37.5. The Morgan fingerprint density at radius 3 is 2.26 bits per heavy atom. The fourth-order valence-electron chi connectivity index (χ4n) is 9.20. The van der Waals surface area contributed by atoms with Gasteiger partial charge in [0, 0.05) is 86.2 Å². The summed E-state index contributed by atoms with van der Waals surface area (Å²) in [5.74, 6) is -4.22. The van der Waals surface area contributed by atoms with Crippen molar-refractivity contribution in [3.8, 4) is 6.07 Å². The second-order valence-electron chi connectivity index (χ2n) is 15.9. The topological polar surface area (TPSA) is 161 Å². The van der Waals surface area contributed by atoms with Crippen LogP contribution in [-0.2, 0) is 9.59 Å². The summed E-state index contributed by atoms with van der Waals surface area (Å²) in [6.07, 6.45) is 7.56. The molecule has 0 bridgehead atoms. The zero-order valence-electron chi connectivity index (χ0n) is 32.0. The Kier molecular flexibility index (Phi) is 9.73. The third-order valence-electron chi connectivity index (χ3n) is 12.5.